The van der Waals surface area contributed by atoms with Crippen molar-refractivity contribution in [2.45, 2.75) is 23.8 Å². The van der Waals surface area contributed by atoms with Gasteiger partial charge in [0, 0.05) is 37.7 Å². The van der Waals surface area contributed by atoms with E-state index in [4.69, 9.17) is 5.73 Å². The average molecular weight is 546 g/mol. The zero-order chi connectivity index (χ0) is 26.2. The minimum Gasteiger partial charge on any atom is -0.382 e. The van der Waals surface area contributed by atoms with E-state index in [2.05, 4.69) is 20.3 Å². The number of nitrogens with two attached hydrogens (primary N) is 1. The van der Waals surface area contributed by atoms with E-state index in [-0.39, 0.29) is 34.7 Å². The van der Waals surface area contributed by atoms with Gasteiger partial charge in [-0.25, -0.2) is 32.2 Å². The van der Waals surface area contributed by atoms with Crippen molar-refractivity contribution in [3.63, 3.8) is 0 Å². The number of imidazole rings is 1. The molecule has 3 N–H and O–H groups in total. The highest BCUT2D eigenvalue weighted by molar-refractivity contribution is 7.89. The van der Waals surface area contributed by atoms with Crippen molar-refractivity contribution in [1.29, 1.82) is 0 Å². The van der Waals surface area contributed by atoms with Crippen molar-refractivity contribution in [1.82, 2.24) is 23.8 Å². The Morgan fingerprint density at radius 3 is 2.49 bits per heavy atom. The molecule has 0 saturated carbocycles. The number of halogens is 2. The molecule has 3 aromatic heterocycles. The van der Waals surface area contributed by atoms with E-state index in [0.717, 1.165) is 23.5 Å². The van der Waals surface area contributed by atoms with Gasteiger partial charge >= 0.3 is 0 Å². The van der Waals surface area contributed by atoms with Gasteiger partial charge in [-0.1, -0.05) is 17.4 Å². The van der Waals surface area contributed by atoms with Gasteiger partial charge in [-0.15, -0.1) is 0 Å². The minimum atomic E-state index is -3.73. The summed E-state index contributed by atoms with van der Waals surface area (Å²) in [4.78, 5) is 25.0. The van der Waals surface area contributed by atoms with Crippen LogP contribution in [0.4, 0.5) is 19.7 Å². The first-order chi connectivity index (χ1) is 17.7. The maximum absolute atomic E-state index is 14.0. The number of anilines is 2. The number of nitrogens with one attached hydrogen (secondary N) is 1. The van der Waals surface area contributed by atoms with Crippen molar-refractivity contribution >= 4 is 38.1 Å². The number of rotatable bonds is 7. The van der Waals surface area contributed by atoms with E-state index in [1.165, 1.54) is 22.6 Å². The topological polar surface area (TPSA) is 136 Å². The number of nitrogens with zero attached hydrogens (tertiary/aromatic N) is 5. The van der Waals surface area contributed by atoms with Crippen LogP contribution in [0.1, 0.15) is 28.1 Å². The minimum absolute atomic E-state index is 0.0712. The highest BCUT2D eigenvalue weighted by Gasteiger charge is 2.31. The van der Waals surface area contributed by atoms with Crippen LogP contribution in [-0.4, -0.2) is 57.2 Å². The number of benzene rings is 1. The SMILES string of the molecule is Nc1nc(NC2CCN(S(=O)(=O)c3ccc(-n4ccnc4)nc3)CC2)sc1C(=O)c1c(F)cccc1F. The van der Waals surface area contributed by atoms with Crippen molar-refractivity contribution in [3.8, 4) is 5.82 Å². The molecule has 1 aliphatic rings. The quantitative estimate of drug-likeness (QED) is 0.338. The van der Waals surface area contributed by atoms with Crippen LogP contribution in [0.5, 0.6) is 0 Å². The first-order valence-corrected chi connectivity index (χ1v) is 13.5. The zero-order valence-electron chi connectivity index (χ0n) is 19.2. The lowest BCUT2D eigenvalue weighted by molar-refractivity contribution is 0.103. The van der Waals surface area contributed by atoms with Crippen LogP contribution in [-0.2, 0) is 10.0 Å². The number of piperidine rings is 1. The van der Waals surface area contributed by atoms with Crippen molar-refractivity contribution in [2.24, 2.45) is 0 Å². The molecule has 192 valence electrons. The summed E-state index contributed by atoms with van der Waals surface area (Å²) < 4.78 is 57.3. The first-order valence-electron chi connectivity index (χ1n) is 11.2. The lowest BCUT2D eigenvalue weighted by Gasteiger charge is -2.31. The Morgan fingerprint density at radius 1 is 1.14 bits per heavy atom. The molecule has 1 fully saturated rings. The molecule has 0 aliphatic carbocycles. The Balaban J connectivity index is 1.23. The number of sulfonamides is 1. The maximum atomic E-state index is 14.0. The summed E-state index contributed by atoms with van der Waals surface area (Å²) in [5.74, 6) is -2.42. The highest BCUT2D eigenvalue weighted by Crippen LogP contribution is 2.31. The molecule has 0 bridgehead atoms. The van der Waals surface area contributed by atoms with Gasteiger partial charge in [0.1, 0.15) is 39.4 Å². The molecule has 14 heteroatoms. The van der Waals surface area contributed by atoms with Gasteiger partial charge < -0.3 is 11.1 Å². The molecule has 10 nitrogen and oxygen atoms in total. The lowest BCUT2D eigenvalue weighted by Crippen LogP contribution is -2.42. The Morgan fingerprint density at radius 2 is 1.86 bits per heavy atom. The van der Waals surface area contributed by atoms with Gasteiger partial charge in [0.25, 0.3) is 0 Å². The highest BCUT2D eigenvalue weighted by atomic mass is 32.2. The number of nitrogen functional groups attached to an aromatic ring is 1. The third kappa shape index (κ3) is 4.95. The largest absolute Gasteiger partial charge is 0.382 e. The second kappa shape index (κ2) is 9.95. The molecular formula is C23H21F2N7O3S2. The number of carbonyl (C=O) groups is 1. The van der Waals surface area contributed by atoms with E-state index in [0.29, 0.717) is 23.8 Å². The molecule has 0 spiro atoms. The van der Waals surface area contributed by atoms with E-state index >= 15 is 0 Å². The molecule has 1 saturated heterocycles. The predicted octanol–water partition coefficient (Wildman–Crippen LogP) is 3.08. The second-order valence-electron chi connectivity index (χ2n) is 8.30. The molecule has 0 atom stereocenters. The summed E-state index contributed by atoms with van der Waals surface area (Å²) in [5, 5.41) is 3.48. The van der Waals surface area contributed by atoms with Gasteiger partial charge in [0.2, 0.25) is 15.8 Å². The van der Waals surface area contributed by atoms with Crippen LogP contribution in [0.25, 0.3) is 5.82 Å². The Bertz CT molecular complexity index is 1510. The number of carbonyl (C=O) groups excluding carboxylic acids is 1. The summed E-state index contributed by atoms with van der Waals surface area (Å²) >= 11 is 0.900. The number of aromatic nitrogens is 4. The van der Waals surface area contributed by atoms with Crippen LogP contribution in [0.15, 0.2) is 60.1 Å². The smallest absolute Gasteiger partial charge is 0.244 e. The Labute approximate surface area is 214 Å². The van der Waals surface area contributed by atoms with Gasteiger partial charge in [-0.3, -0.25) is 9.36 Å². The van der Waals surface area contributed by atoms with E-state index in [9.17, 15) is 22.0 Å². The number of ketones is 1. The second-order valence-corrected chi connectivity index (χ2v) is 11.2. The van der Waals surface area contributed by atoms with Crippen LogP contribution < -0.4 is 11.1 Å². The standard InChI is InChI=1S/C23H21F2N7O3S2/c24-16-2-1-3-17(25)19(16)20(33)21-22(26)30-23(36-21)29-14-6-9-32(10-7-14)37(34,35)15-4-5-18(28-12-15)31-11-8-27-13-31/h1-5,8,11-14H,6-7,9-10,26H2,(H,29,30). The molecule has 4 heterocycles. The van der Waals surface area contributed by atoms with Crippen LogP contribution in [0.3, 0.4) is 0 Å². The zero-order valence-corrected chi connectivity index (χ0v) is 20.8. The van der Waals surface area contributed by atoms with E-state index in [1.807, 2.05) is 0 Å². The molecule has 0 amide bonds. The molecule has 5 rings (SSSR count). The van der Waals surface area contributed by atoms with Gasteiger partial charge in [-0.2, -0.15) is 4.31 Å². The van der Waals surface area contributed by atoms with Gasteiger partial charge in [0.15, 0.2) is 5.13 Å². The van der Waals surface area contributed by atoms with E-state index in [1.54, 1.807) is 29.4 Å². The van der Waals surface area contributed by atoms with Gasteiger partial charge in [-0.05, 0) is 37.1 Å². The normalized spacial score (nSPS) is 15.1. The fourth-order valence-electron chi connectivity index (χ4n) is 4.02. The summed E-state index contributed by atoms with van der Waals surface area (Å²) in [6, 6.07) is 6.16. The average Bonchev–Trinajstić information content (AvgIpc) is 3.54. The molecule has 4 aromatic rings. The maximum Gasteiger partial charge on any atom is 0.244 e. The molecule has 1 aliphatic heterocycles. The summed E-state index contributed by atoms with van der Waals surface area (Å²) in [5.41, 5.74) is 5.18. The molecular weight excluding hydrogens is 524 g/mol. The van der Waals surface area contributed by atoms with Crippen molar-refractivity contribution < 1.29 is 22.0 Å². The fraction of sp³-hybridized carbons (Fsp3) is 0.217. The summed E-state index contributed by atoms with van der Waals surface area (Å²) in [6.45, 7) is 0.521. The monoisotopic (exact) mass is 545 g/mol. The Hall–Kier alpha value is -3.75. The lowest BCUT2D eigenvalue weighted by atomic mass is 10.1. The number of thiazole rings is 1. The Kier molecular flexibility index (Phi) is 6.70. The van der Waals surface area contributed by atoms with Gasteiger partial charge in [0.05, 0.1) is 5.56 Å². The van der Waals surface area contributed by atoms with Crippen molar-refractivity contribution in [2.75, 3.05) is 24.1 Å². The van der Waals surface area contributed by atoms with Crippen molar-refractivity contribution in [3.05, 3.63) is 77.3 Å². The molecule has 0 unspecified atom stereocenters. The summed E-state index contributed by atoms with van der Waals surface area (Å²) in [6.07, 6.45) is 7.16. The summed E-state index contributed by atoms with van der Waals surface area (Å²) in [7, 11) is -3.73. The molecule has 1 aromatic carbocycles. The number of pyridine rings is 1. The number of hydrogen-bond acceptors (Lipinski definition) is 9. The molecule has 37 heavy (non-hydrogen) atoms. The molecule has 0 radical (unpaired) electrons. The van der Waals surface area contributed by atoms with Crippen LogP contribution in [0.2, 0.25) is 0 Å². The first kappa shape index (κ1) is 24.9. The third-order valence-electron chi connectivity index (χ3n) is 5.96. The predicted molar refractivity (Wildman–Crippen MR) is 133 cm³/mol. The van der Waals surface area contributed by atoms with Crippen LogP contribution >= 0.6 is 11.3 Å². The van der Waals surface area contributed by atoms with Crippen LogP contribution in [0, 0.1) is 11.6 Å². The third-order valence-corrected chi connectivity index (χ3v) is 8.84. The number of hydrogen-bond donors (Lipinski definition) is 2. The fourth-order valence-corrected chi connectivity index (χ4v) is 6.34. The van der Waals surface area contributed by atoms with E-state index < -0.39 is 33.0 Å².